The van der Waals surface area contributed by atoms with Gasteiger partial charge >= 0.3 is 6.18 Å². The molecule has 3 aromatic heterocycles. The number of rotatable bonds is 9. The van der Waals surface area contributed by atoms with E-state index in [4.69, 9.17) is 0 Å². The molecule has 0 aliphatic heterocycles. The van der Waals surface area contributed by atoms with E-state index in [-0.39, 0.29) is 17.2 Å². The van der Waals surface area contributed by atoms with Crippen LogP contribution in [-0.2, 0) is 29.6 Å². The average Bonchev–Trinajstić information content (AvgIpc) is 3.34. The third kappa shape index (κ3) is 5.85. The number of pyridine rings is 1. The highest BCUT2D eigenvalue weighted by atomic mass is 32.2. The van der Waals surface area contributed by atoms with Crippen molar-refractivity contribution in [3.8, 4) is 0 Å². The molecule has 3 aromatic rings. The van der Waals surface area contributed by atoms with E-state index >= 15 is 0 Å². The number of thiophene rings is 1. The third-order valence-corrected chi connectivity index (χ3v) is 7.30. The number of hydrogen-bond acceptors (Lipinski definition) is 7. The Morgan fingerprint density at radius 1 is 1.24 bits per heavy atom. The van der Waals surface area contributed by atoms with E-state index in [2.05, 4.69) is 25.6 Å². The van der Waals surface area contributed by atoms with Gasteiger partial charge in [0.05, 0.1) is 22.5 Å². The molecule has 1 aliphatic carbocycles. The van der Waals surface area contributed by atoms with E-state index in [1.54, 1.807) is 11.3 Å². The fourth-order valence-electron chi connectivity index (χ4n) is 3.61. The number of anilines is 1. The fourth-order valence-corrected chi connectivity index (χ4v) is 5.61. The van der Waals surface area contributed by atoms with Crippen LogP contribution in [0.3, 0.4) is 0 Å². The van der Waals surface area contributed by atoms with Crippen molar-refractivity contribution in [2.24, 2.45) is 0 Å². The van der Waals surface area contributed by atoms with Gasteiger partial charge in [0.2, 0.25) is 5.91 Å². The Bertz CT molecular complexity index is 1190. The summed E-state index contributed by atoms with van der Waals surface area (Å²) in [5.41, 5.74) is 0.247. The van der Waals surface area contributed by atoms with Crippen molar-refractivity contribution in [2.45, 2.75) is 37.6 Å². The van der Waals surface area contributed by atoms with Gasteiger partial charge in [-0.05, 0) is 43.4 Å². The van der Waals surface area contributed by atoms with Crippen LogP contribution < -0.4 is 16.2 Å². The minimum absolute atomic E-state index is 0.102. The van der Waals surface area contributed by atoms with Crippen molar-refractivity contribution in [1.29, 1.82) is 0 Å². The summed E-state index contributed by atoms with van der Waals surface area (Å²) in [4.78, 5) is 37.6. The van der Waals surface area contributed by atoms with E-state index in [0.29, 0.717) is 36.9 Å². The Kier molecular flexibility index (Phi) is 7.23. The summed E-state index contributed by atoms with van der Waals surface area (Å²) >= 11 is 2.96. The molecule has 0 fully saturated rings. The number of carbonyl (C=O) groups excluding carboxylic acids is 1. The SMILES string of the molecule is O=C(CSCc1nc2sc3c(c2c(=O)[nH]1)CCC3)NCCCNc1ccc(C(F)(F)F)cn1. The van der Waals surface area contributed by atoms with Crippen molar-refractivity contribution >= 4 is 45.0 Å². The minimum Gasteiger partial charge on any atom is -0.370 e. The number of nitrogens with one attached hydrogen (secondary N) is 3. The van der Waals surface area contributed by atoms with Crippen LogP contribution in [0.1, 0.15) is 34.7 Å². The summed E-state index contributed by atoms with van der Waals surface area (Å²) in [5.74, 6) is 1.45. The highest BCUT2D eigenvalue weighted by Crippen LogP contribution is 2.34. The number of nitrogens with zero attached hydrogens (tertiary/aromatic N) is 2. The number of H-pyrrole nitrogens is 1. The predicted octanol–water partition coefficient (Wildman–Crippen LogP) is 3.74. The lowest BCUT2D eigenvalue weighted by molar-refractivity contribution is -0.137. The van der Waals surface area contributed by atoms with Gasteiger partial charge in [-0.1, -0.05) is 0 Å². The number of fused-ring (bicyclic) bond motifs is 3. The smallest absolute Gasteiger partial charge is 0.370 e. The maximum atomic E-state index is 12.5. The lowest BCUT2D eigenvalue weighted by Crippen LogP contribution is -2.27. The number of halogens is 3. The Hall–Kier alpha value is -2.60. The lowest BCUT2D eigenvalue weighted by Gasteiger charge is -2.09. The second-order valence-corrected chi connectivity index (χ2v) is 9.67. The van der Waals surface area contributed by atoms with Crippen LogP contribution in [-0.4, -0.2) is 39.7 Å². The molecule has 0 aromatic carbocycles. The number of carbonyl (C=O) groups is 1. The second-order valence-electron chi connectivity index (χ2n) is 7.60. The minimum atomic E-state index is -4.41. The van der Waals surface area contributed by atoms with Gasteiger partial charge in [-0.25, -0.2) is 9.97 Å². The Balaban J connectivity index is 1.14. The molecule has 0 unspecified atom stereocenters. The fraction of sp³-hybridized carbons (Fsp3) is 0.429. The van der Waals surface area contributed by atoms with Crippen molar-refractivity contribution in [3.05, 3.63) is 50.5 Å². The van der Waals surface area contributed by atoms with Crippen molar-refractivity contribution < 1.29 is 18.0 Å². The third-order valence-electron chi connectivity index (χ3n) is 5.17. The molecule has 0 saturated heterocycles. The highest BCUT2D eigenvalue weighted by Gasteiger charge is 2.30. The number of aromatic amines is 1. The van der Waals surface area contributed by atoms with Crippen molar-refractivity contribution in [3.63, 3.8) is 0 Å². The van der Waals surface area contributed by atoms with Gasteiger partial charge in [0.25, 0.3) is 5.56 Å². The summed E-state index contributed by atoms with van der Waals surface area (Å²) in [5, 5.41) is 6.43. The number of amides is 1. The van der Waals surface area contributed by atoms with Crippen molar-refractivity contribution in [2.75, 3.05) is 24.2 Å². The summed E-state index contributed by atoms with van der Waals surface area (Å²) < 4.78 is 37.6. The van der Waals surface area contributed by atoms with Gasteiger partial charge in [0.1, 0.15) is 16.5 Å². The van der Waals surface area contributed by atoms with Crippen LogP contribution in [0.25, 0.3) is 10.2 Å². The standard InChI is InChI=1S/C21H22F3N5O2S2/c22-21(23,24)12-5-6-15(27-9-12)25-7-2-8-26-17(30)11-32-10-16-28-19(31)18-13-3-1-4-14(13)33-20(18)29-16/h5-6,9H,1-4,7-8,10-11H2,(H,25,27)(H,26,30)(H,28,29,31). The molecule has 12 heteroatoms. The number of hydrogen-bond donors (Lipinski definition) is 3. The van der Waals surface area contributed by atoms with E-state index in [0.717, 1.165) is 47.3 Å². The maximum Gasteiger partial charge on any atom is 0.417 e. The van der Waals surface area contributed by atoms with Gasteiger partial charge in [0.15, 0.2) is 0 Å². The molecule has 0 atom stereocenters. The first-order valence-electron chi connectivity index (χ1n) is 10.5. The van der Waals surface area contributed by atoms with Gasteiger partial charge in [-0.2, -0.15) is 13.2 Å². The van der Waals surface area contributed by atoms with Crippen LogP contribution >= 0.6 is 23.1 Å². The molecule has 7 nitrogen and oxygen atoms in total. The Morgan fingerprint density at radius 3 is 2.85 bits per heavy atom. The van der Waals surface area contributed by atoms with Crippen LogP contribution in [0.5, 0.6) is 0 Å². The number of thioether (sulfide) groups is 1. The van der Waals surface area contributed by atoms with Gasteiger partial charge in [-0.15, -0.1) is 23.1 Å². The zero-order valence-electron chi connectivity index (χ0n) is 17.6. The summed E-state index contributed by atoms with van der Waals surface area (Å²) in [6, 6.07) is 2.25. The molecule has 33 heavy (non-hydrogen) atoms. The van der Waals surface area contributed by atoms with E-state index in [9.17, 15) is 22.8 Å². The van der Waals surface area contributed by atoms with Gasteiger partial charge in [0, 0.05) is 24.2 Å². The zero-order valence-corrected chi connectivity index (χ0v) is 19.2. The molecule has 1 aliphatic rings. The van der Waals surface area contributed by atoms with E-state index in [1.807, 2.05) is 0 Å². The first-order chi connectivity index (χ1) is 15.8. The second kappa shape index (κ2) is 10.1. The van der Waals surface area contributed by atoms with Crippen molar-refractivity contribution in [1.82, 2.24) is 20.3 Å². The normalized spacial score (nSPS) is 13.3. The first kappa shape index (κ1) is 23.6. The molecule has 3 N–H and O–H groups in total. The topological polar surface area (TPSA) is 99.8 Å². The largest absolute Gasteiger partial charge is 0.417 e. The van der Waals surface area contributed by atoms with Gasteiger partial charge in [-0.3, -0.25) is 9.59 Å². The average molecular weight is 498 g/mol. The van der Waals surface area contributed by atoms with E-state index < -0.39 is 11.7 Å². The highest BCUT2D eigenvalue weighted by molar-refractivity contribution is 7.99. The number of aryl methyl sites for hydroxylation is 2. The molecule has 3 heterocycles. The molecule has 0 spiro atoms. The molecular formula is C21H22F3N5O2S2. The molecule has 4 rings (SSSR count). The monoisotopic (exact) mass is 497 g/mol. The van der Waals surface area contributed by atoms with Crippen LogP contribution in [0, 0.1) is 0 Å². The van der Waals surface area contributed by atoms with Crippen LogP contribution in [0.2, 0.25) is 0 Å². The summed E-state index contributed by atoms with van der Waals surface area (Å²) in [6.07, 6.45) is 0.00248. The molecule has 1 amide bonds. The number of aromatic nitrogens is 3. The summed E-state index contributed by atoms with van der Waals surface area (Å²) in [7, 11) is 0. The summed E-state index contributed by atoms with van der Waals surface area (Å²) in [6.45, 7) is 0.885. The molecule has 0 saturated carbocycles. The Morgan fingerprint density at radius 2 is 2.09 bits per heavy atom. The van der Waals surface area contributed by atoms with E-state index in [1.165, 1.54) is 22.7 Å². The Labute approximate surface area is 195 Å². The molecule has 176 valence electrons. The molecule has 0 bridgehead atoms. The maximum absolute atomic E-state index is 12.5. The van der Waals surface area contributed by atoms with Gasteiger partial charge < -0.3 is 15.6 Å². The first-order valence-corrected chi connectivity index (χ1v) is 12.4. The predicted molar refractivity (Wildman–Crippen MR) is 124 cm³/mol. The quantitative estimate of drug-likeness (QED) is 0.390. The number of alkyl halides is 3. The molecule has 0 radical (unpaired) electrons. The van der Waals surface area contributed by atoms with Crippen LogP contribution in [0.15, 0.2) is 23.1 Å². The zero-order chi connectivity index (χ0) is 23.4. The van der Waals surface area contributed by atoms with Crippen LogP contribution in [0.4, 0.5) is 19.0 Å². The lowest BCUT2D eigenvalue weighted by atomic mass is 10.2. The molecular weight excluding hydrogens is 475 g/mol.